The van der Waals surface area contributed by atoms with Crippen molar-refractivity contribution in [1.29, 1.82) is 0 Å². The van der Waals surface area contributed by atoms with E-state index in [0.717, 1.165) is 35.0 Å². The molecule has 0 saturated heterocycles. The molecular formula is C26H39NO5Si. The molecule has 1 heterocycles. The van der Waals surface area contributed by atoms with Gasteiger partial charge >= 0.3 is 0 Å². The van der Waals surface area contributed by atoms with E-state index >= 15 is 0 Å². The second kappa shape index (κ2) is 9.95. The fraction of sp³-hybridized carbons (Fsp3) is 0.538. The zero-order valence-electron chi connectivity index (χ0n) is 21.4. The first kappa shape index (κ1) is 25.4. The highest BCUT2D eigenvalue weighted by Crippen LogP contribution is 2.53. The summed E-state index contributed by atoms with van der Waals surface area (Å²) in [7, 11) is -2.00. The molecule has 0 aliphatic carbocycles. The van der Waals surface area contributed by atoms with Crippen LogP contribution in [-0.2, 0) is 17.6 Å². The van der Waals surface area contributed by atoms with Crippen molar-refractivity contribution >= 4 is 19.7 Å². The summed E-state index contributed by atoms with van der Waals surface area (Å²) in [4.78, 5) is 2.20. The van der Waals surface area contributed by atoms with E-state index in [4.69, 9.17) is 18.6 Å². The maximum atomic E-state index is 10.2. The molecular weight excluding hydrogens is 434 g/mol. The molecule has 0 radical (unpaired) electrons. The molecule has 1 N–H and O–H groups in total. The normalized spacial score (nSPS) is 13.3. The zero-order valence-corrected chi connectivity index (χ0v) is 22.4. The highest BCUT2D eigenvalue weighted by Gasteiger charge is 2.38. The molecule has 0 unspecified atom stereocenters. The zero-order chi connectivity index (χ0) is 24.4. The Balaban J connectivity index is 2.14. The van der Waals surface area contributed by atoms with Crippen molar-refractivity contribution in [2.45, 2.75) is 72.9 Å². The lowest BCUT2D eigenvalue weighted by Crippen LogP contribution is -2.40. The maximum absolute atomic E-state index is 10.2. The Morgan fingerprint density at radius 2 is 1.39 bits per heavy atom. The summed E-state index contributed by atoms with van der Waals surface area (Å²) in [6.07, 6.45) is 0. The van der Waals surface area contributed by atoms with E-state index in [2.05, 4.69) is 45.7 Å². The van der Waals surface area contributed by atoms with Gasteiger partial charge in [0.25, 0.3) is 0 Å². The molecule has 0 atom stereocenters. The van der Waals surface area contributed by atoms with E-state index in [0.29, 0.717) is 36.9 Å². The number of benzene rings is 2. The highest BCUT2D eigenvalue weighted by atomic mass is 28.4. The summed E-state index contributed by atoms with van der Waals surface area (Å²) >= 11 is 0. The third-order valence-corrected chi connectivity index (χ3v) is 11.1. The average Bonchev–Trinajstić information content (AvgIpc) is 2.76. The third-order valence-electron chi connectivity index (χ3n) is 6.64. The molecule has 2 aromatic carbocycles. The summed E-state index contributed by atoms with van der Waals surface area (Å²) in [5, 5.41) is 10.3. The SMILES string of the molecule is CCOc1ccc2c(c1CO)Oc1c(ccc(OCC)c1CO[Si](C)(C)C(C)(C)C)N2CC. The summed E-state index contributed by atoms with van der Waals surface area (Å²) in [6.45, 7) is 19.3. The lowest BCUT2D eigenvalue weighted by Gasteiger charge is -2.38. The first-order valence-electron chi connectivity index (χ1n) is 11.9. The van der Waals surface area contributed by atoms with Crippen molar-refractivity contribution in [3.63, 3.8) is 0 Å². The number of nitrogens with zero attached hydrogens (tertiary/aromatic N) is 1. The second-order valence-electron chi connectivity index (χ2n) is 9.70. The van der Waals surface area contributed by atoms with Gasteiger partial charge in [0.1, 0.15) is 11.5 Å². The maximum Gasteiger partial charge on any atom is 0.192 e. The molecule has 7 heteroatoms. The topological polar surface area (TPSA) is 60.4 Å². The summed E-state index contributed by atoms with van der Waals surface area (Å²) in [5.41, 5.74) is 3.43. The van der Waals surface area contributed by atoms with Crippen molar-refractivity contribution < 1.29 is 23.7 Å². The number of ether oxygens (including phenoxy) is 3. The number of hydrogen-bond acceptors (Lipinski definition) is 6. The van der Waals surface area contributed by atoms with Gasteiger partial charge in [0.15, 0.2) is 19.8 Å². The fourth-order valence-electron chi connectivity index (χ4n) is 3.76. The Hall–Kier alpha value is -2.22. The first-order valence-corrected chi connectivity index (χ1v) is 14.8. The predicted molar refractivity (Wildman–Crippen MR) is 136 cm³/mol. The smallest absolute Gasteiger partial charge is 0.192 e. The van der Waals surface area contributed by atoms with Crippen LogP contribution in [0.1, 0.15) is 52.7 Å². The van der Waals surface area contributed by atoms with Crippen LogP contribution in [0, 0.1) is 0 Å². The Bertz CT molecular complexity index is 984. The van der Waals surface area contributed by atoms with Crippen LogP contribution < -0.4 is 19.1 Å². The summed E-state index contributed by atoms with van der Waals surface area (Å²) in [6, 6.07) is 7.94. The molecule has 3 rings (SSSR count). The lowest BCUT2D eigenvalue weighted by molar-refractivity contribution is 0.253. The van der Waals surface area contributed by atoms with Crippen molar-refractivity contribution in [2.75, 3.05) is 24.7 Å². The van der Waals surface area contributed by atoms with E-state index < -0.39 is 8.32 Å². The number of fused-ring (bicyclic) bond motifs is 2. The van der Waals surface area contributed by atoms with Gasteiger partial charge in [-0.3, -0.25) is 0 Å². The van der Waals surface area contributed by atoms with Gasteiger partial charge < -0.3 is 28.6 Å². The van der Waals surface area contributed by atoms with Crippen LogP contribution in [-0.4, -0.2) is 33.2 Å². The molecule has 2 aromatic rings. The Morgan fingerprint density at radius 1 is 0.879 bits per heavy atom. The lowest BCUT2D eigenvalue weighted by atomic mass is 10.0. The molecule has 0 spiro atoms. The van der Waals surface area contributed by atoms with Gasteiger partial charge in [-0.25, -0.2) is 0 Å². The molecule has 0 bridgehead atoms. The Morgan fingerprint density at radius 3 is 1.85 bits per heavy atom. The highest BCUT2D eigenvalue weighted by molar-refractivity contribution is 6.74. The monoisotopic (exact) mass is 473 g/mol. The van der Waals surface area contributed by atoms with Gasteiger partial charge in [-0.1, -0.05) is 20.8 Å². The average molecular weight is 474 g/mol. The van der Waals surface area contributed by atoms with Crippen LogP contribution in [0.2, 0.25) is 18.1 Å². The molecule has 1 aliphatic rings. The number of hydrogen-bond donors (Lipinski definition) is 1. The predicted octanol–water partition coefficient (Wildman–Crippen LogP) is 6.76. The minimum Gasteiger partial charge on any atom is -0.493 e. The van der Waals surface area contributed by atoms with Gasteiger partial charge in [0.05, 0.1) is 48.9 Å². The Kier molecular flexibility index (Phi) is 7.66. The second-order valence-corrected chi connectivity index (χ2v) is 14.5. The van der Waals surface area contributed by atoms with E-state index in [1.807, 2.05) is 38.1 Å². The van der Waals surface area contributed by atoms with Crippen LogP contribution in [0.25, 0.3) is 0 Å². The molecule has 0 aromatic heterocycles. The van der Waals surface area contributed by atoms with Crippen molar-refractivity contribution in [2.24, 2.45) is 0 Å². The molecule has 0 fully saturated rings. The Labute approximate surface area is 199 Å². The van der Waals surface area contributed by atoms with Gasteiger partial charge in [0.2, 0.25) is 0 Å². The van der Waals surface area contributed by atoms with Crippen LogP contribution in [0.15, 0.2) is 24.3 Å². The number of aliphatic hydroxyl groups is 1. The van der Waals surface area contributed by atoms with Crippen LogP contribution >= 0.6 is 0 Å². The summed E-state index contributed by atoms with van der Waals surface area (Å²) < 4.78 is 24.9. The van der Waals surface area contributed by atoms with Gasteiger partial charge in [-0.05, 0) is 63.2 Å². The van der Waals surface area contributed by atoms with E-state index in [-0.39, 0.29) is 11.6 Å². The molecule has 6 nitrogen and oxygen atoms in total. The molecule has 1 aliphatic heterocycles. The molecule has 182 valence electrons. The van der Waals surface area contributed by atoms with Gasteiger partial charge in [-0.2, -0.15) is 0 Å². The number of anilines is 2. The quantitative estimate of drug-likeness (QED) is 0.406. The van der Waals surface area contributed by atoms with Crippen LogP contribution in [0.3, 0.4) is 0 Å². The van der Waals surface area contributed by atoms with Gasteiger partial charge in [-0.15, -0.1) is 0 Å². The summed E-state index contributed by atoms with van der Waals surface area (Å²) in [5.74, 6) is 2.75. The minimum absolute atomic E-state index is 0.0903. The van der Waals surface area contributed by atoms with Crippen molar-refractivity contribution in [3.8, 4) is 23.0 Å². The number of aliphatic hydroxyl groups excluding tert-OH is 1. The minimum atomic E-state index is -2.00. The third kappa shape index (κ3) is 4.86. The van der Waals surface area contributed by atoms with E-state index in [1.54, 1.807) is 0 Å². The molecule has 0 amide bonds. The van der Waals surface area contributed by atoms with E-state index in [9.17, 15) is 5.11 Å². The van der Waals surface area contributed by atoms with Crippen molar-refractivity contribution in [1.82, 2.24) is 0 Å². The first-order chi connectivity index (χ1) is 15.6. The van der Waals surface area contributed by atoms with Crippen molar-refractivity contribution in [3.05, 3.63) is 35.4 Å². The van der Waals surface area contributed by atoms with E-state index in [1.165, 1.54) is 0 Å². The fourth-order valence-corrected chi connectivity index (χ4v) is 4.70. The van der Waals surface area contributed by atoms with Gasteiger partial charge in [0, 0.05) is 6.54 Å². The molecule has 33 heavy (non-hydrogen) atoms. The standard InChI is InChI=1S/C26H39NO5Si/c1-9-27-20-12-14-22(29-10-2)18(16-28)24(20)32-25-19(17-31-33(7,8)26(4,5)6)23(30-11-3)15-13-21(25)27/h12-15,28H,9-11,16-17H2,1-8H3. The largest absolute Gasteiger partial charge is 0.493 e. The van der Waals surface area contributed by atoms with Crippen LogP contribution in [0.4, 0.5) is 11.4 Å². The number of rotatable bonds is 9. The van der Waals surface area contributed by atoms with Crippen LogP contribution in [0.5, 0.6) is 23.0 Å². The molecule has 0 saturated carbocycles.